The average molecular weight is 288 g/mol. The molecule has 0 saturated heterocycles. The molecule has 1 amide bonds. The molecule has 1 rings (SSSR count). The maximum atomic E-state index is 11.2. The van der Waals surface area contributed by atoms with Crippen molar-refractivity contribution in [3.63, 3.8) is 0 Å². The number of unbranched alkanes of at least 4 members (excludes halogenated alkanes) is 2. The molecule has 0 aliphatic rings. The predicted molar refractivity (Wildman–Crippen MR) is 87.2 cm³/mol. The summed E-state index contributed by atoms with van der Waals surface area (Å²) in [5.41, 5.74) is 4.58. The number of allylic oxidation sites excluding steroid dienone is 1. The molecule has 21 heavy (non-hydrogen) atoms. The van der Waals surface area contributed by atoms with E-state index in [1.54, 1.807) is 13.1 Å². The van der Waals surface area contributed by atoms with Crippen LogP contribution >= 0.6 is 0 Å². The maximum absolute atomic E-state index is 11.2. The van der Waals surface area contributed by atoms with Crippen LogP contribution in [0.1, 0.15) is 45.1 Å². The number of carbonyl (C=O) groups excluding carboxylic acids is 1. The molecule has 0 aliphatic carbocycles. The summed E-state index contributed by atoms with van der Waals surface area (Å²) in [6, 6.07) is 10.1. The van der Waals surface area contributed by atoms with Crippen molar-refractivity contribution in [3.8, 4) is 0 Å². The Labute approximate surface area is 126 Å². The van der Waals surface area contributed by atoms with Crippen molar-refractivity contribution >= 4 is 18.4 Å². The molecule has 0 aromatic heterocycles. The van der Waals surface area contributed by atoms with Gasteiger partial charge in [-0.05, 0) is 30.9 Å². The van der Waals surface area contributed by atoms with Gasteiger partial charge in [-0.25, -0.2) is 10.2 Å². The van der Waals surface area contributed by atoms with Gasteiger partial charge < -0.3 is 4.74 Å². The van der Waals surface area contributed by atoms with Crippen molar-refractivity contribution in [2.45, 2.75) is 39.5 Å². The molecule has 1 N–H and O–H groups in total. The molecular formula is C17H24N2O2. The van der Waals surface area contributed by atoms with Gasteiger partial charge in [0.05, 0.1) is 12.8 Å². The number of ether oxygens (including phenoxy) is 1. The van der Waals surface area contributed by atoms with Gasteiger partial charge >= 0.3 is 6.09 Å². The van der Waals surface area contributed by atoms with Crippen LogP contribution in [-0.2, 0) is 4.74 Å². The second-order valence-corrected chi connectivity index (χ2v) is 4.68. The lowest BCUT2D eigenvalue weighted by atomic mass is 10.1. The lowest BCUT2D eigenvalue weighted by Gasteiger charge is -2.03. The molecule has 4 nitrogen and oxygen atoms in total. The minimum absolute atomic E-state index is 0.338. The number of rotatable bonds is 8. The van der Waals surface area contributed by atoms with E-state index in [1.165, 1.54) is 12.8 Å². The number of carbonyl (C=O) groups is 1. The van der Waals surface area contributed by atoms with E-state index in [0.29, 0.717) is 6.61 Å². The van der Waals surface area contributed by atoms with Crippen molar-refractivity contribution in [1.29, 1.82) is 0 Å². The fourth-order valence-electron chi connectivity index (χ4n) is 1.85. The third-order valence-electron chi connectivity index (χ3n) is 2.88. The van der Waals surface area contributed by atoms with E-state index in [-0.39, 0.29) is 0 Å². The summed E-state index contributed by atoms with van der Waals surface area (Å²) in [6.07, 6.45) is 7.67. The summed E-state index contributed by atoms with van der Waals surface area (Å²) in [5.74, 6) is 0. The molecule has 0 bridgehead atoms. The van der Waals surface area contributed by atoms with E-state index in [4.69, 9.17) is 4.74 Å². The van der Waals surface area contributed by atoms with Gasteiger partial charge in [0.2, 0.25) is 0 Å². The Morgan fingerprint density at radius 2 is 2.00 bits per heavy atom. The Hall–Kier alpha value is -2.10. The highest BCUT2D eigenvalue weighted by molar-refractivity contribution is 5.86. The number of hydrogen-bond acceptors (Lipinski definition) is 3. The summed E-state index contributed by atoms with van der Waals surface area (Å²) in [5, 5.41) is 3.95. The van der Waals surface area contributed by atoms with Crippen LogP contribution in [0.2, 0.25) is 0 Å². The highest BCUT2D eigenvalue weighted by Gasteiger charge is 1.98. The quantitative estimate of drug-likeness (QED) is 0.438. The number of amides is 1. The van der Waals surface area contributed by atoms with E-state index in [0.717, 1.165) is 24.0 Å². The highest BCUT2D eigenvalue weighted by atomic mass is 16.5. The fraction of sp³-hybridized carbons (Fsp3) is 0.412. The molecule has 0 atom stereocenters. The third-order valence-corrected chi connectivity index (χ3v) is 2.88. The first kappa shape index (κ1) is 17.0. The monoisotopic (exact) mass is 288 g/mol. The highest BCUT2D eigenvalue weighted by Crippen LogP contribution is 2.12. The van der Waals surface area contributed by atoms with Crippen LogP contribution in [-0.4, -0.2) is 18.9 Å². The number of nitrogens with zero attached hydrogens (tertiary/aromatic N) is 1. The van der Waals surface area contributed by atoms with Crippen molar-refractivity contribution in [2.75, 3.05) is 6.61 Å². The summed E-state index contributed by atoms with van der Waals surface area (Å²) in [4.78, 5) is 11.2. The summed E-state index contributed by atoms with van der Waals surface area (Å²) in [6.45, 7) is 4.27. The van der Waals surface area contributed by atoms with E-state index in [9.17, 15) is 4.79 Å². The standard InChI is InChI=1S/C17H24N2O2/c1-3-5-7-12-16(13-15-10-8-6-9-11-15)14-18-19-17(20)21-4-2/h6,8-11,13-14H,3-5,7,12H2,1-2H3,(H,19,20)/b16-13+,18-14+. The van der Waals surface area contributed by atoms with Crippen LogP contribution in [0.4, 0.5) is 4.79 Å². The lowest BCUT2D eigenvalue weighted by Crippen LogP contribution is -2.18. The van der Waals surface area contributed by atoms with Gasteiger partial charge in [-0.2, -0.15) is 5.10 Å². The molecule has 0 fully saturated rings. The van der Waals surface area contributed by atoms with Gasteiger partial charge in [-0.1, -0.05) is 56.2 Å². The minimum Gasteiger partial charge on any atom is -0.449 e. The molecule has 114 valence electrons. The van der Waals surface area contributed by atoms with Crippen molar-refractivity contribution < 1.29 is 9.53 Å². The average Bonchev–Trinajstić information content (AvgIpc) is 2.48. The van der Waals surface area contributed by atoms with E-state index in [1.807, 2.05) is 30.3 Å². The number of hydrazone groups is 1. The largest absolute Gasteiger partial charge is 0.449 e. The van der Waals surface area contributed by atoms with Gasteiger partial charge in [-0.15, -0.1) is 0 Å². The molecule has 0 aliphatic heterocycles. The lowest BCUT2D eigenvalue weighted by molar-refractivity contribution is 0.152. The number of nitrogens with one attached hydrogen (secondary N) is 1. The first-order valence-electron chi connectivity index (χ1n) is 7.47. The molecule has 0 heterocycles. The maximum Gasteiger partial charge on any atom is 0.427 e. The molecule has 0 saturated carbocycles. The topological polar surface area (TPSA) is 50.7 Å². The minimum atomic E-state index is -0.527. The SMILES string of the molecule is CCCCCC(/C=N/NC(=O)OCC)=C\c1ccccc1. The smallest absolute Gasteiger partial charge is 0.427 e. The second-order valence-electron chi connectivity index (χ2n) is 4.68. The van der Waals surface area contributed by atoms with Gasteiger partial charge in [0.15, 0.2) is 0 Å². The van der Waals surface area contributed by atoms with Gasteiger partial charge in [-0.3, -0.25) is 0 Å². The fourth-order valence-corrected chi connectivity index (χ4v) is 1.85. The second kappa shape index (κ2) is 10.7. The van der Waals surface area contributed by atoms with Crippen LogP contribution < -0.4 is 5.43 Å². The predicted octanol–water partition coefficient (Wildman–Crippen LogP) is 4.38. The Bertz CT molecular complexity index is 467. The zero-order valence-electron chi connectivity index (χ0n) is 12.8. The Morgan fingerprint density at radius 1 is 1.24 bits per heavy atom. The first-order chi connectivity index (χ1) is 10.3. The third kappa shape index (κ3) is 7.92. The summed E-state index contributed by atoms with van der Waals surface area (Å²) >= 11 is 0. The van der Waals surface area contributed by atoms with Gasteiger partial charge in [0.25, 0.3) is 0 Å². The van der Waals surface area contributed by atoms with E-state index >= 15 is 0 Å². The van der Waals surface area contributed by atoms with Crippen LogP contribution in [0.15, 0.2) is 41.0 Å². The molecular weight excluding hydrogens is 264 g/mol. The summed E-state index contributed by atoms with van der Waals surface area (Å²) < 4.78 is 4.76. The number of benzene rings is 1. The van der Waals surface area contributed by atoms with E-state index < -0.39 is 6.09 Å². The van der Waals surface area contributed by atoms with Crippen molar-refractivity contribution in [2.24, 2.45) is 5.10 Å². The Morgan fingerprint density at radius 3 is 2.67 bits per heavy atom. The van der Waals surface area contributed by atoms with Crippen LogP contribution in [0, 0.1) is 0 Å². The Kier molecular flexibility index (Phi) is 8.61. The normalized spacial score (nSPS) is 11.6. The van der Waals surface area contributed by atoms with Crippen LogP contribution in [0.25, 0.3) is 6.08 Å². The zero-order chi connectivity index (χ0) is 15.3. The van der Waals surface area contributed by atoms with E-state index in [2.05, 4.69) is 23.5 Å². The van der Waals surface area contributed by atoms with Crippen LogP contribution in [0.3, 0.4) is 0 Å². The van der Waals surface area contributed by atoms with Gasteiger partial charge in [0.1, 0.15) is 0 Å². The van der Waals surface area contributed by atoms with Crippen LogP contribution in [0.5, 0.6) is 0 Å². The summed E-state index contributed by atoms with van der Waals surface area (Å²) in [7, 11) is 0. The Balaban J connectivity index is 2.66. The van der Waals surface area contributed by atoms with Gasteiger partial charge in [0, 0.05) is 0 Å². The number of hydrogen-bond donors (Lipinski definition) is 1. The molecule has 0 spiro atoms. The molecule has 4 heteroatoms. The molecule has 1 aromatic rings. The molecule has 1 aromatic carbocycles. The van der Waals surface area contributed by atoms with Crippen molar-refractivity contribution in [1.82, 2.24) is 5.43 Å². The molecule has 0 unspecified atom stereocenters. The zero-order valence-corrected chi connectivity index (χ0v) is 12.8. The van der Waals surface area contributed by atoms with Crippen molar-refractivity contribution in [3.05, 3.63) is 41.5 Å². The first-order valence-corrected chi connectivity index (χ1v) is 7.47. The molecule has 0 radical (unpaired) electrons.